The number of pyridine rings is 1. The topological polar surface area (TPSA) is 92.2 Å². The third-order valence-corrected chi connectivity index (χ3v) is 7.84. The van der Waals surface area contributed by atoms with E-state index in [4.69, 9.17) is 4.74 Å². The number of aromatic nitrogens is 5. The number of hydrogen-bond acceptors (Lipinski definition) is 7. The maximum atomic E-state index is 13.6. The molecule has 2 aliphatic rings. The minimum Gasteiger partial charge on any atom is -0.376 e. The molecule has 9 heteroatoms. The van der Waals surface area contributed by atoms with Gasteiger partial charge < -0.3 is 9.72 Å². The van der Waals surface area contributed by atoms with Gasteiger partial charge in [-0.15, -0.1) is 5.10 Å². The molecule has 2 aromatic carbocycles. The normalized spacial score (nSPS) is 19.8. The van der Waals surface area contributed by atoms with Gasteiger partial charge in [0.15, 0.2) is 5.82 Å². The molecule has 0 spiro atoms. The number of tetrazole rings is 1. The minimum atomic E-state index is -0.348. The van der Waals surface area contributed by atoms with Gasteiger partial charge in [0.1, 0.15) is 6.04 Å². The Morgan fingerprint density at radius 3 is 2.66 bits per heavy atom. The highest BCUT2D eigenvalue weighted by Gasteiger charge is 2.33. The summed E-state index contributed by atoms with van der Waals surface area (Å²) in [6.45, 7) is 9.85. The summed E-state index contributed by atoms with van der Waals surface area (Å²) in [4.78, 5) is 21.6. The van der Waals surface area contributed by atoms with E-state index in [-0.39, 0.29) is 17.7 Å². The molecule has 2 atom stereocenters. The molecular formula is C29H35N7O2. The van der Waals surface area contributed by atoms with Gasteiger partial charge in [-0.2, -0.15) is 0 Å². The fraction of sp³-hybridized carbons (Fsp3) is 0.448. The third-order valence-electron chi connectivity index (χ3n) is 7.84. The molecule has 2 saturated heterocycles. The van der Waals surface area contributed by atoms with Gasteiger partial charge in [0, 0.05) is 44.9 Å². The summed E-state index contributed by atoms with van der Waals surface area (Å²) in [6.07, 6.45) is 2.15. The first-order valence-corrected chi connectivity index (χ1v) is 13.6. The number of H-pyrrole nitrogens is 1. The zero-order chi connectivity index (χ0) is 26.1. The maximum absolute atomic E-state index is 13.6. The van der Waals surface area contributed by atoms with Crippen molar-refractivity contribution in [2.75, 3.05) is 32.8 Å². The van der Waals surface area contributed by atoms with Crippen LogP contribution in [0.4, 0.5) is 0 Å². The number of aryl methyl sites for hydroxylation is 2. The summed E-state index contributed by atoms with van der Waals surface area (Å²) in [5, 5.41) is 13.9. The van der Waals surface area contributed by atoms with Gasteiger partial charge >= 0.3 is 0 Å². The predicted molar refractivity (Wildman–Crippen MR) is 146 cm³/mol. The van der Waals surface area contributed by atoms with Gasteiger partial charge in [0.2, 0.25) is 0 Å². The van der Waals surface area contributed by atoms with E-state index in [1.165, 1.54) is 11.1 Å². The number of fused-ring (bicyclic) bond motifs is 1. The Bertz CT molecular complexity index is 1450. The average molecular weight is 514 g/mol. The molecule has 198 valence electrons. The van der Waals surface area contributed by atoms with Gasteiger partial charge in [0.25, 0.3) is 5.56 Å². The lowest BCUT2D eigenvalue weighted by Gasteiger charge is -2.38. The first kappa shape index (κ1) is 24.9. The summed E-state index contributed by atoms with van der Waals surface area (Å²) >= 11 is 0. The summed E-state index contributed by atoms with van der Waals surface area (Å²) in [7, 11) is 0. The zero-order valence-corrected chi connectivity index (χ0v) is 22.1. The van der Waals surface area contributed by atoms with Crippen LogP contribution in [0.25, 0.3) is 10.9 Å². The first-order chi connectivity index (χ1) is 18.5. The molecule has 0 bridgehead atoms. The van der Waals surface area contributed by atoms with Crippen molar-refractivity contribution in [2.45, 2.75) is 51.9 Å². The summed E-state index contributed by atoms with van der Waals surface area (Å²) in [6, 6.07) is 16.5. The van der Waals surface area contributed by atoms with Crippen molar-refractivity contribution in [2.24, 2.45) is 0 Å². The smallest absolute Gasteiger partial charge is 0.253 e. The van der Waals surface area contributed by atoms with E-state index < -0.39 is 0 Å². The molecule has 9 nitrogen and oxygen atoms in total. The van der Waals surface area contributed by atoms with Crippen LogP contribution < -0.4 is 5.56 Å². The quantitative estimate of drug-likeness (QED) is 0.406. The molecule has 2 fully saturated rings. The lowest BCUT2D eigenvalue weighted by atomic mass is 10.00. The number of rotatable bonds is 7. The van der Waals surface area contributed by atoms with Crippen LogP contribution in [0.2, 0.25) is 0 Å². The second-order valence-electron chi connectivity index (χ2n) is 10.7. The van der Waals surface area contributed by atoms with E-state index in [0.29, 0.717) is 17.9 Å². The van der Waals surface area contributed by atoms with Crippen molar-refractivity contribution < 1.29 is 4.74 Å². The van der Waals surface area contributed by atoms with E-state index in [1.807, 2.05) is 17.7 Å². The van der Waals surface area contributed by atoms with E-state index in [2.05, 4.69) is 79.7 Å². The van der Waals surface area contributed by atoms with Crippen LogP contribution in [-0.2, 0) is 17.8 Å². The summed E-state index contributed by atoms with van der Waals surface area (Å²) < 4.78 is 7.74. The Kier molecular flexibility index (Phi) is 7.06. The molecule has 4 aromatic rings. The number of ether oxygens (including phenoxy) is 1. The van der Waals surface area contributed by atoms with Crippen LogP contribution >= 0.6 is 0 Å². The molecule has 2 aliphatic heterocycles. The molecule has 1 N–H and O–H groups in total. The van der Waals surface area contributed by atoms with Crippen LogP contribution in [0, 0.1) is 13.8 Å². The van der Waals surface area contributed by atoms with Crippen molar-refractivity contribution in [1.29, 1.82) is 0 Å². The highest BCUT2D eigenvalue weighted by Crippen LogP contribution is 2.29. The number of piperazine rings is 1. The Hall–Kier alpha value is -3.40. The van der Waals surface area contributed by atoms with E-state index >= 15 is 0 Å². The number of benzene rings is 2. The SMILES string of the molecule is Cc1cc(C)c2[nH]c(=O)c([C@H](c3nnnn3C[C@@H]3CCCO3)N3CCN(Cc4ccccc4)CC3)cc2c1. The molecule has 38 heavy (non-hydrogen) atoms. The first-order valence-electron chi connectivity index (χ1n) is 13.6. The van der Waals surface area contributed by atoms with Crippen molar-refractivity contribution in [3.63, 3.8) is 0 Å². The van der Waals surface area contributed by atoms with E-state index in [9.17, 15) is 4.79 Å². The fourth-order valence-electron chi connectivity index (χ4n) is 5.95. The molecule has 0 unspecified atom stereocenters. The number of nitrogens with one attached hydrogen (secondary N) is 1. The third kappa shape index (κ3) is 5.14. The van der Waals surface area contributed by atoms with Gasteiger partial charge in [-0.25, -0.2) is 4.68 Å². The summed E-state index contributed by atoms with van der Waals surface area (Å²) in [5.41, 5.74) is 5.03. The van der Waals surface area contributed by atoms with Gasteiger partial charge in [-0.1, -0.05) is 42.0 Å². The Balaban J connectivity index is 1.34. The molecule has 0 saturated carbocycles. The van der Waals surface area contributed by atoms with Crippen molar-refractivity contribution >= 4 is 10.9 Å². The van der Waals surface area contributed by atoms with Crippen LogP contribution in [-0.4, -0.2) is 73.9 Å². The molecule has 0 amide bonds. The molecule has 0 aliphatic carbocycles. The van der Waals surface area contributed by atoms with Crippen LogP contribution in [0.15, 0.2) is 53.3 Å². The van der Waals surface area contributed by atoms with Crippen LogP contribution in [0.3, 0.4) is 0 Å². The second kappa shape index (κ2) is 10.8. The molecule has 4 heterocycles. The monoisotopic (exact) mass is 513 g/mol. The van der Waals surface area contributed by atoms with Gasteiger partial charge in [-0.05, 0) is 65.8 Å². The van der Waals surface area contributed by atoms with Crippen molar-refractivity contribution in [3.8, 4) is 0 Å². The summed E-state index contributed by atoms with van der Waals surface area (Å²) in [5.74, 6) is 0.700. The molecule has 6 rings (SSSR count). The largest absolute Gasteiger partial charge is 0.376 e. The predicted octanol–water partition coefficient (Wildman–Crippen LogP) is 3.22. The Labute approximate surface area is 222 Å². The van der Waals surface area contributed by atoms with Crippen LogP contribution in [0.5, 0.6) is 0 Å². The number of aromatic amines is 1. The van der Waals surface area contributed by atoms with Gasteiger partial charge in [0.05, 0.1) is 18.2 Å². The lowest BCUT2D eigenvalue weighted by Crippen LogP contribution is -2.48. The zero-order valence-electron chi connectivity index (χ0n) is 22.1. The fourth-order valence-corrected chi connectivity index (χ4v) is 5.95. The van der Waals surface area contributed by atoms with Gasteiger partial charge in [-0.3, -0.25) is 14.6 Å². The molecule has 0 radical (unpaired) electrons. The number of hydrogen-bond donors (Lipinski definition) is 1. The Morgan fingerprint density at radius 1 is 1.08 bits per heavy atom. The Morgan fingerprint density at radius 2 is 1.89 bits per heavy atom. The van der Waals surface area contributed by atoms with E-state index in [0.717, 1.165) is 68.6 Å². The van der Waals surface area contributed by atoms with Crippen molar-refractivity contribution in [3.05, 3.63) is 87.0 Å². The maximum Gasteiger partial charge on any atom is 0.253 e. The average Bonchev–Trinajstić information content (AvgIpc) is 3.60. The van der Waals surface area contributed by atoms with E-state index in [1.54, 1.807) is 0 Å². The highest BCUT2D eigenvalue weighted by molar-refractivity contribution is 5.83. The standard InChI is InChI=1S/C29H35N7O2/c1-20-15-21(2)26-23(16-20)17-25(29(37)30-26)27(28-31-32-33-36(28)19-24-9-6-14-38-24)35-12-10-34(11-13-35)18-22-7-4-3-5-8-22/h3-5,7-8,15-17,24,27H,6,9-14,18-19H2,1-2H3,(H,30,37)/t24-,27+/m0/s1. The number of nitrogens with zero attached hydrogens (tertiary/aromatic N) is 6. The lowest BCUT2D eigenvalue weighted by molar-refractivity contribution is 0.0840. The highest BCUT2D eigenvalue weighted by atomic mass is 16.5. The van der Waals surface area contributed by atoms with Crippen molar-refractivity contribution in [1.82, 2.24) is 35.0 Å². The van der Waals surface area contributed by atoms with Crippen LogP contribution in [0.1, 0.15) is 47.0 Å². The minimum absolute atomic E-state index is 0.0900. The molecular weight excluding hydrogens is 478 g/mol. The second-order valence-corrected chi connectivity index (χ2v) is 10.7. The molecule has 2 aromatic heterocycles.